The Hall–Kier alpha value is -1.89. The predicted molar refractivity (Wildman–Crippen MR) is 94.8 cm³/mol. The fourth-order valence-electron chi connectivity index (χ4n) is 4.81. The monoisotopic (exact) mass is 357 g/mol. The normalized spacial score (nSPS) is 30.2. The van der Waals surface area contributed by atoms with E-state index in [9.17, 15) is 9.59 Å². The van der Waals surface area contributed by atoms with Crippen LogP contribution in [-0.2, 0) is 29.2 Å². The Morgan fingerprint density at radius 1 is 1.19 bits per heavy atom. The minimum Gasteiger partial charge on any atom is -0.350 e. The minimum absolute atomic E-state index is 0.173. The summed E-state index contributed by atoms with van der Waals surface area (Å²) in [6.07, 6.45) is 4.22. The van der Waals surface area contributed by atoms with Gasteiger partial charge in [0, 0.05) is 24.9 Å². The molecular weight excluding hydrogens is 330 g/mol. The third kappa shape index (κ3) is 2.82. The summed E-state index contributed by atoms with van der Waals surface area (Å²) >= 11 is 0. The number of aryl methyl sites for hydroxylation is 1. The average molecular weight is 357 g/mol. The molecule has 2 aliphatic carbocycles. The minimum atomic E-state index is 0.173. The first-order valence-corrected chi connectivity index (χ1v) is 10.0. The van der Waals surface area contributed by atoms with Crippen molar-refractivity contribution in [1.29, 1.82) is 0 Å². The molecule has 0 spiro atoms. The van der Waals surface area contributed by atoms with Gasteiger partial charge in [0.15, 0.2) is 0 Å². The van der Waals surface area contributed by atoms with Gasteiger partial charge in [-0.05, 0) is 50.3 Å². The van der Waals surface area contributed by atoms with Crippen molar-refractivity contribution in [3.63, 3.8) is 0 Å². The Morgan fingerprint density at radius 2 is 2.00 bits per heavy atom. The molecule has 2 aliphatic heterocycles. The topological polar surface area (TPSA) is 79.3 Å². The molecule has 3 fully saturated rings. The van der Waals surface area contributed by atoms with E-state index >= 15 is 0 Å². The Labute approximate surface area is 153 Å². The van der Waals surface area contributed by atoms with Crippen molar-refractivity contribution < 1.29 is 9.59 Å². The molecule has 5 rings (SSSR count). The van der Waals surface area contributed by atoms with Gasteiger partial charge in [0.2, 0.25) is 11.8 Å². The molecule has 1 aromatic rings. The van der Waals surface area contributed by atoms with Gasteiger partial charge in [-0.3, -0.25) is 14.3 Å². The van der Waals surface area contributed by atoms with Crippen LogP contribution >= 0.6 is 0 Å². The molecule has 3 heterocycles. The molecule has 7 nitrogen and oxygen atoms in total. The Bertz CT molecular complexity index is 716. The highest BCUT2D eigenvalue weighted by Gasteiger charge is 2.56. The predicted octanol–water partition coefficient (Wildman–Crippen LogP) is 0.497. The second-order valence-electron chi connectivity index (χ2n) is 8.32. The number of carbonyl (C=O) groups excluding carboxylic acids is 2. The van der Waals surface area contributed by atoms with Gasteiger partial charge in [-0.2, -0.15) is 5.10 Å². The van der Waals surface area contributed by atoms with Gasteiger partial charge in [-0.25, -0.2) is 0 Å². The lowest BCUT2D eigenvalue weighted by Crippen LogP contribution is -2.38. The number of nitrogens with zero attached hydrogens (tertiary/aromatic N) is 3. The zero-order valence-electron chi connectivity index (χ0n) is 15.1. The van der Waals surface area contributed by atoms with Gasteiger partial charge >= 0.3 is 0 Å². The number of fused-ring (bicyclic) bond motifs is 2. The summed E-state index contributed by atoms with van der Waals surface area (Å²) < 4.78 is 2.02. The first-order valence-electron chi connectivity index (χ1n) is 10.0. The van der Waals surface area contributed by atoms with Crippen LogP contribution in [-0.4, -0.2) is 46.1 Å². The summed E-state index contributed by atoms with van der Waals surface area (Å²) in [5.74, 6) is 2.02. The van der Waals surface area contributed by atoms with E-state index in [1.807, 2.05) is 9.58 Å². The maximum absolute atomic E-state index is 12.6. The van der Waals surface area contributed by atoms with Crippen LogP contribution in [0.2, 0.25) is 0 Å². The highest BCUT2D eigenvalue weighted by Crippen LogP contribution is 2.48. The zero-order chi connectivity index (χ0) is 17.7. The lowest BCUT2D eigenvalue weighted by molar-refractivity contribution is -0.138. The number of rotatable bonds is 4. The Morgan fingerprint density at radius 3 is 2.73 bits per heavy atom. The molecule has 2 unspecified atom stereocenters. The summed E-state index contributed by atoms with van der Waals surface area (Å²) in [7, 11) is 0. The van der Waals surface area contributed by atoms with E-state index < -0.39 is 0 Å². The molecule has 0 bridgehead atoms. The van der Waals surface area contributed by atoms with Gasteiger partial charge in [0.25, 0.3) is 0 Å². The van der Waals surface area contributed by atoms with Crippen LogP contribution in [0, 0.1) is 23.7 Å². The standard InChI is InChI=1S/C19H27N5O2/c25-18(17-15-9-20-10-16(15)17)21-8-13-7-14-11-23(5-2-6-24(14)22-13)19(26)12-3-1-4-12/h7,12,15-17,20H,1-6,8-11H2,(H,21,25). The third-order valence-corrected chi connectivity index (χ3v) is 6.67. The summed E-state index contributed by atoms with van der Waals surface area (Å²) in [4.78, 5) is 26.9. The van der Waals surface area contributed by atoms with Crippen LogP contribution in [0.15, 0.2) is 6.07 Å². The molecule has 7 heteroatoms. The Balaban J connectivity index is 1.20. The van der Waals surface area contributed by atoms with Gasteiger partial charge in [0.05, 0.1) is 24.5 Å². The number of piperidine rings is 1. The van der Waals surface area contributed by atoms with Gasteiger partial charge in [-0.15, -0.1) is 0 Å². The lowest BCUT2D eigenvalue weighted by Gasteiger charge is -2.30. The fraction of sp³-hybridized carbons (Fsp3) is 0.737. The number of hydrogen-bond acceptors (Lipinski definition) is 4. The number of amides is 2. The van der Waals surface area contributed by atoms with E-state index in [4.69, 9.17) is 0 Å². The van der Waals surface area contributed by atoms with Gasteiger partial charge in [0.1, 0.15) is 0 Å². The van der Waals surface area contributed by atoms with E-state index in [-0.39, 0.29) is 17.7 Å². The van der Waals surface area contributed by atoms with Gasteiger partial charge in [-0.1, -0.05) is 6.42 Å². The summed E-state index contributed by atoms with van der Waals surface area (Å²) in [6.45, 7) is 4.76. The van der Waals surface area contributed by atoms with Crippen molar-refractivity contribution in [3.8, 4) is 0 Å². The zero-order valence-corrected chi connectivity index (χ0v) is 15.1. The smallest absolute Gasteiger partial charge is 0.226 e. The fourth-order valence-corrected chi connectivity index (χ4v) is 4.81. The van der Waals surface area contributed by atoms with Crippen LogP contribution in [0.5, 0.6) is 0 Å². The largest absolute Gasteiger partial charge is 0.350 e. The van der Waals surface area contributed by atoms with Crippen molar-refractivity contribution in [3.05, 3.63) is 17.5 Å². The highest BCUT2D eigenvalue weighted by atomic mass is 16.2. The molecule has 0 radical (unpaired) electrons. The molecule has 0 aromatic carbocycles. The van der Waals surface area contributed by atoms with Crippen molar-refractivity contribution in [1.82, 2.24) is 25.3 Å². The second kappa shape index (κ2) is 6.37. The Kier molecular flexibility index (Phi) is 3.99. The van der Waals surface area contributed by atoms with E-state index in [1.165, 1.54) is 6.42 Å². The number of hydrogen-bond donors (Lipinski definition) is 2. The molecule has 2 N–H and O–H groups in total. The maximum Gasteiger partial charge on any atom is 0.226 e. The van der Waals surface area contributed by atoms with E-state index in [0.29, 0.717) is 30.8 Å². The molecule has 2 atom stereocenters. The van der Waals surface area contributed by atoms with Crippen molar-refractivity contribution in [2.45, 2.75) is 45.3 Å². The van der Waals surface area contributed by atoms with Crippen LogP contribution < -0.4 is 10.6 Å². The molecule has 1 aromatic heterocycles. The summed E-state index contributed by atoms with van der Waals surface area (Å²) in [5.41, 5.74) is 1.99. The summed E-state index contributed by atoms with van der Waals surface area (Å²) in [6, 6.07) is 2.06. The molecule has 2 amide bonds. The lowest BCUT2D eigenvalue weighted by atomic mass is 9.84. The summed E-state index contributed by atoms with van der Waals surface area (Å²) in [5, 5.41) is 11.0. The van der Waals surface area contributed by atoms with Crippen molar-refractivity contribution in [2.75, 3.05) is 19.6 Å². The molecule has 4 aliphatic rings. The number of nitrogens with one attached hydrogen (secondary N) is 2. The molecule has 26 heavy (non-hydrogen) atoms. The second-order valence-corrected chi connectivity index (χ2v) is 8.32. The van der Waals surface area contributed by atoms with Crippen LogP contribution in [0.1, 0.15) is 37.1 Å². The van der Waals surface area contributed by atoms with Crippen LogP contribution in [0.25, 0.3) is 0 Å². The van der Waals surface area contributed by atoms with E-state index in [0.717, 1.165) is 56.8 Å². The molecular formula is C19H27N5O2. The molecule has 140 valence electrons. The van der Waals surface area contributed by atoms with Crippen molar-refractivity contribution >= 4 is 11.8 Å². The van der Waals surface area contributed by atoms with Crippen LogP contribution in [0.4, 0.5) is 0 Å². The first-order chi connectivity index (χ1) is 12.7. The first kappa shape index (κ1) is 16.3. The maximum atomic E-state index is 12.6. The van der Waals surface area contributed by atoms with Crippen molar-refractivity contribution in [2.24, 2.45) is 23.7 Å². The SMILES string of the molecule is O=C(NCc1cc2n(n1)CCCN(C(=O)C1CCC1)C2)C1C2CNCC21. The van der Waals surface area contributed by atoms with Crippen LogP contribution in [0.3, 0.4) is 0 Å². The molecule has 2 saturated carbocycles. The third-order valence-electron chi connectivity index (χ3n) is 6.67. The average Bonchev–Trinajstić information content (AvgIpc) is 2.92. The quantitative estimate of drug-likeness (QED) is 0.822. The van der Waals surface area contributed by atoms with E-state index in [2.05, 4.69) is 21.8 Å². The number of carbonyl (C=O) groups is 2. The van der Waals surface area contributed by atoms with E-state index in [1.54, 1.807) is 0 Å². The highest BCUT2D eigenvalue weighted by molar-refractivity contribution is 5.82. The number of aromatic nitrogens is 2. The van der Waals surface area contributed by atoms with Gasteiger partial charge < -0.3 is 15.5 Å². The molecule has 1 saturated heterocycles.